The van der Waals surface area contributed by atoms with Crippen LogP contribution in [0.2, 0.25) is 0 Å². The lowest BCUT2D eigenvalue weighted by Crippen LogP contribution is -2.26. The number of aliphatic hydroxyl groups excluding tert-OH is 1. The van der Waals surface area contributed by atoms with Crippen LogP contribution in [0, 0.1) is 11.3 Å². The van der Waals surface area contributed by atoms with E-state index in [2.05, 4.69) is 23.4 Å². The van der Waals surface area contributed by atoms with Crippen molar-refractivity contribution in [1.82, 2.24) is 15.1 Å². The molecule has 0 radical (unpaired) electrons. The van der Waals surface area contributed by atoms with E-state index in [1.807, 2.05) is 25.4 Å². The number of aromatic nitrogens is 2. The van der Waals surface area contributed by atoms with Crippen LogP contribution >= 0.6 is 0 Å². The molecule has 0 amide bonds. The zero-order valence-electron chi connectivity index (χ0n) is 13.1. The molecule has 0 saturated heterocycles. The van der Waals surface area contributed by atoms with Gasteiger partial charge in [0.2, 0.25) is 0 Å². The van der Waals surface area contributed by atoms with E-state index in [1.165, 1.54) is 0 Å². The van der Waals surface area contributed by atoms with Gasteiger partial charge in [-0.05, 0) is 18.6 Å². The third kappa shape index (κ3) is 4.17. The monoisotopic (exact) mass is 298 g/mol. The summed E-state index contributed by atoms with van der Waals surface area (Å²) in [7, 11) is 1.89. The van der Waals surface area contributed by atoms with Crippen molar-refractivity contribution in [2.45, 2.75) is 32.4 Å². The predicted octanol–water partition coefficient (Wildman–Crippen LogP) is 2.21. The van der Waals surface area contributed by atoms with Gasteiger partial charge in [0.25, 0.3) is 0 Å². The maximum atomic E-state index is 9.76. The summed E-state index contributed by atoms with van der Waals surface area (Å²) in [5.74, 6) is 0. The number of hydrogen-bond donors (Lipinski definition) is 2. The van der Waals surface area contributed by atoms with Crippen LogP contribution in [-0.2, 0) is 13.6 Å². The van der Waals surface area contributed by atoms with Gasteiger partial charge in [-0.3, -0.25) is 4.68 Å². The molecular formula is C17H22N4O. The first-order chi connectivity index (χ1) is 10.6. The minimum absolute atomic E-state index is 0.306. The number of rotatable bonds is 7. The number of aryl methyl sites for hydroxylation is 1. The summed E-state index contributed by atoms with van der Waals surface area (Å²) in [6.07, 6.45) is 3.46. The highest BCUT2D eigenvalue weighted by Gasteiger charge is 2.11. The molecule has 0 aliphatic rings. The second kappa shape index (κ2) is 7.74. The van der Waals surface area contributed by atoms with Crippen molar-refractivity contribution in [3.8, 4) is 17.3 Å². The number of hydrogen-bond acceptors (Lipinski definition) is 4. The van der Waals surface area contributed by atoms with Crippen LogP contribution < -0.4 is 5.32 Å². The van der Waals surface area contributed by atoms with Gasteiger partial charge >= 0.3 is 0 Å². The lowest BCUT2D eigenvalue weighted by atomic mass is 10.1. The molecule has 0 saturated carbocycles. The van der Waals surface area contributed by atoms with E-state index in [1.54, 1.807) is 16.8 Å². The van der Waals surface area contributed by atoms with E-state index in [-0.39, 0.29) is 6.10 Å². The van der Waals surface area contributed by atoms with Crippen LogP contribution in [-0.4, -0.2) is 27.5 Å². The van der Waals surface area contributed by atoms with Gasteiger partial charge in [-0.15, -0.1) is 0 Å². The highest BCUT2D eigenvalue weighted by Crippen LogP contribution is 2.22. The van der Waals surface area contributed by atoms with E-state index in [9.17, 15) is 5.11 Å². The number of benzene rings is 1. The van der Waals surface area contributed by atoms with E-state index in [4.69, 9.17) is 5.26 Å². The summed E-state index contributed by atoms with van der Waals surface area (Å²) >= 11 is 0. The summed E-state index contributed by atoms with van der Waals surface area (Å²) in [5, 5.41) is 26.4. The second-order valence-corrected chi connectivity index (χ2v) is 5.44. The van der Waals surface area contributed by atoms with Crippen LogP contribution in [0.1, 0.15) is 30.9 Å². The zero-order chi connectivity index (χ0) is 15.9. The van der Waals surface area contributed by atoms with Gasteiger partial charge in [0, 0.05) is 37.5 Å². The molecule has 1 heterocycles. The molecule has 1 unspecified atom stereocenters. The predicted molar refractivity (Wildman–Crippen MR) is 86.0 cm³/mol. The molecule has 1 aromatic heterocycles. The Morgan fingerprint density at radius 3 is 2.73 bits per heavy atom. The Bertz CT molecular complexity index is 640. The van der Waals surface area contributed by atoms with E-state index >= 15 is 0 Å². The first-order valence-corrected chi connectivity index (χ1v) is 7.56. The molecule has 0 aliphatic carbocycles. The number of nitrogens with zero attached hydrogens (tertiary/aromatic N) is 3. The SMILES string of the molecule is CCCC(O)CNCc1cn(C)nc1-c1ccc(C#N)cc1. The second-order valence-electron chi connectivity index (χ2n) is 5.44. The Kier molecular flexibility index (Phi) is 5.70. The maximum absolute atomic E-state index is 9.76. The van der Waals surface area contributed by atoms with Gasteiger partial charge in [0.05, 0.1) is 23.4 Å². The molecule has 2 rings (SSSR count). The zero-order valence-corrected chi connectivity index (χ0v) is 13.1. The Morgan fingerprint density at radius 1 is 1.36 bits per heavy atom. The molecular weight excluding hydrogens is 276 g/mol. The van der Waals surface area contributed by atoms with Gasteiger partial charge in [0.15, 0.2) is 0 Å². The van der Waals surface area contributed by atoms with Gasteiger partial charge < -0.3 is 10.4 Å². The molecule has 1 atom stereocenters. The molecule has 1 aromatic carbocycles. The fourth-order valence-electron chi connectivity index (χ4n) is 2.42. The molecule has 5 nitrogen and oxygen atoms in total. The summed E-state index contributed by atoms with van der Waals surface area (Å²) < 4.78 is 1.78. The normalized spacial score (nSPS) is 12.1. The number of nitrogens with one attached hydrogen (secondary N) is 1. The molecule has 5 heteroatoms. The topological polar surface area (TPSA) is 73.9 Å². The minimum Gasteiger partial charge on any atom is -0.392 e. The summed E-state index contributed by atoms with van der Waals surface area (Å²) in [4.78, 5) is 0. The van der Waals surface area contributed by atoms with Crippen LogP contribution in [0.3, 0.4) is 0 Å². The Morgan fingerprint density at radius 2 is 2.09 bits per heavy atom. The van der Waals surface area contributed by atoms with Crippen molar-refractivity contribution in [3.63, 3.8) is 0 Å². The highest BCUT2D eigenvalue weighted by atomic mass is 16.3. The van der Waals surface area contributed by atoms with Crippen molar-refractivity contribution in [2.75, 3.05) is 6.54 Å². The van der Waals surface area contributed by atoms with E-state index in [0.717, 1.165) is 29.7 Å². The maximum Gasteiger partial charge on any atom is 0.0991 e. The van der Waals surface area contributed by atoms with Gasteiger partial charge in [0.1, 0.15) is 0 Å². The summed E-state index contributed by atoms with van der Waals surface area (Å²) in [6.45, 7) is 3.30. The third-order valence-corrected chi connectivity index (χ3v) is 3.51. The van der Waals surface area contributed by atoms with Crippen LogP contribution in [0.15, 0.2) is 30.5 Å². The molecule has 0 fully saturated rings. The van der Waals surface area contributed by atoms with Gasteiger partial charge in [-0.25, -0.2) is 0 Å². The average Bonchev–Trinajstić information content (AvgIpc) is 2.88. The number of nitriles is 1. The van der Waals surface area contributed by atoms with Gasteiger partial charge in [-0.1, -0.05) is 25.5 Å². The van der Waals surface area contributed by atoms with Crippen molar-refractivity contribution >= 4 is 0 Å². The van der Waals surface area contributed by atoms with Crippen molar-refractivity contribution in [1.29, 1.82) is 5.26 Å². The molecule has 22 heavy (non-hydrogen) atoms. The fourth-order valence-corrected chi connectivity index (χ4v) is 2.42. The van der Waals surface area contributed by atoms with Crippen LogP contribution in [0.5, 0.6) is 0 Å². The minimum atomic E-state index is -0.306. The van der Waals surface area contributed by atoms with E-state index < -0.39 is 0 Å². The van der Waals surface area contributed by atoms with Gasteiger partial charge in [-0.2, -0.15) is 10.4 Å². The smallest absolute Gasteiger partial charge is 0.0991 e. The van der Waals surface area contributed by atoms with E-state index in [0.29, 0.717) is 18.7 Å². The molecule has 0 bridgehead atoms. The number of aliphatic hydroxyl groups is 1. The Balaban J connectivity index is 2.07. The Labute approximate surface area is 131 Å². The average molecular weight is 298 g/mol. The summed E-state index contributed by atoms with van der Waals surface area (Å²) in [6, 6.07) is 9.54. The summed E-state index contributed by atoms with van der Waals surface area (Å²) in [5.41, 5.74) is 3.62. The molecule has 0 aliphatic heterocycles. The molecule has 116 valence electrons. The lowest BCUT2D eigenvalue weighted by Gasteiger charge is -2.10. The lowest BCUT2D eigenvalue weighted by molar-refractivity contribution is 0.160. The standard InChI is InChI=1S/C17H22N4O/c1-3-4-16(22)11-19-10-15-12-21(2)20-17(15)14-7-5-13(9-18)6-8-14/h5-8,12,16,19,22H,3-4,10-11H2,1-2H3. The van der Waals surface area contributed by atoms with Crippen molar-refractivity contribution in [2.24, 2.45) is 7.05 Å². The van der Waals surface area contributed by atoms with Crippen LogP contribution in [0.25, 0.3) is 11.3 Å². The quantitative estimate of drug-likeness (QED) is 0.822. The first-order valence-electron chi connectivity index (χ1n) is 7.56. The largest absolute Gasteiger partial charge is 0.392 e. The molecule has 2 N–H and O–H groups in total. The van der Waals surface area contributed by atoms with Crippen LogP contribution in [0.4, 0.5) is 0 Å². The fraction of sp³-hybridized carbons (Fsp3) is 0.412. The van der Waals surface area contributed by atoms with Crippen molar-refractivity contribution in [3.05, 3.63) is 41.6 Å². The Hall–Kier alpha value is -2.16. The molecule has 2 aromatic rings. The first kappa shape index (κ1) is 16.2. The highest BCUT2D eigenvalue weighted by molar-refractivity contribution is 5.63. The molecule has 0 spiro atoms. The van der Waals surface area contributed by atoms with Crippen molar-refractivity contribution < 1.29 is 5.11 Å². The third-order valence-electron chi connectivity index (χ3n) is 3.51.